The lowest BCUT2D eigenvalue weighted by Crippen LogP contribution is -2.13. The third-order valence-electron chi connectivity index (χ3n) is 13.0. The molecular weight excluding hydrogens is 713 g/mol. The summed E-state index contributed by atoms with van der Waals surface area (Å²) in [7, 11) is 0. The maximum atomic E-state index is 2.48. The second-order valence-corrected chi connectivity index (χ2v) is 19.5. The molecule has 0 bridgehead atoms. The first kappa shape index (κ1) is 37.2. The average Bonchev–Trinajstić information content (AvgIpc) is 3.53. The number of aryl methyl sites for hydroxylation is 2. The van der Waals surface area contributed by atoms with Gasteiger partial charge >= 0.3 is 0 Å². The van der Waals surface area contributed by atoms with Crippen molar-refractivity contribution >= 4 is 60.4 Å². The van der Waals surface area contributed by atoms with Crippen LogP contribution in [-0.4, -0.2) is 4.57 Å². The lowest BCUT2D eigenvalue weighted by Gasteiger charge is -2.30. The molecule has 2 heteroatoms. The number of hydrogen-bond acceptors (Lipinski definition) is 1. The average molecular weight is 767 g/mol. The minimum absolute atomic E-state index is 0.0665. The van der Waals surface area contributed by atoms with E-state index in [1.165, 1.54) is 116 Å². The summed E-state index contributed by atoms with van der Waals surface area (Å²) >= 11 is 0. The topological polar surface area (TPSA) is 8.17 Å². The van der Waals surface area contributed by atoms with Crippen molar-refractivity contribution in [1.29, 1.82) is 0 Å². The van der Waals surface area contributed by atoms with Crippen LogP contribution in [0.3, 0.4) is 0 Å². The van der Waals surface area contributed by atoms with Crippen LogP contribution in [0.5, 0.6) is 0 Å². The number of aromatic nitrogens is 1. The Morgan fingerprint density at radius 3 is 1.54 bits per heavy atom. The van der Waals surface area contributed by atoms with Gasteiger partial charge in [-0.3, -0.25) is 0 Å². The first-order valence-electron chi connectivity index (χ1n) is 21.4. The van der Waals surface area contributed by atoms with Crippen molar-refractivity contribution in [3.63, 3.8) is 0 Å². The summed E-state index contributed by atoms with van der Waals surface area (Å²) in [6, 6.07) is 53.5. The Bertz CT molecular complexity index is 3100. The van der Waals surface area contributed by atoms with Crippen molar-refractivity contribution in [3.8, 4) is 27.9 Å². The molecule has 1 aliphatic carbocycles. The van der Waals surface area contributed by atoms with Crippen molar-refractivity contribution in [2.24, 2.45) is 0 Å². The Kier molecular flexibility index (Phi) is 8.31. The van der Waals surface area contributed by atoms with Gasteiger partial charge in [-0.15, -0.1) is 0 Å². The Morgan fingerprint density at radius 1 is 0.458 bits per heavy atom. The third kappa shape index (κ3) is 6.07. The first-order valence-corrected chi connectivity index (χ1v) is 21.4. The molecule has 2 nitrogen and oxygen atoms in total. The molecule has 0 spiro atoms. The van der Waals surface area contributed by atoms with E-state index >= 15 is 0 Å². The number of nitrogens with zero attached hydrogens (tertiary/aromatic N) is 2. The second kappa shape index (κ2) is 13.2. The minimum Gasteiger partial charge on any atom is -0.310 e. The Balaban J connectivity index is 1.09. The van der Waals surface area contributed by atoms with E-state index in [2.05, 4.69) is 218 Å². The summed E-state index contributed by atoms with van der Waals surface area (Å²) in [5.41, 5.74) is 19.4. The Labute approximate surface area is 349 Å². The monoisotopic (exact) mass is 766 g/mol. The summed E-state index contributed by atoms with van der Waals surface area (Å²) in [5, 5.41) is 7.69. The van der Waals surface area contributed by atoms with Crippen LogP contribution in [0.2, 0.25) is 0 Å². The van der Waals surface area contributed by atoms with Crippen LogP contribution >= 0.6 is 0 Å². The van der Waals surface area contributed by atoms with Crippen LogP contribution in [0.15, 0.2) is 140 Å². The van der Waals surface area contributed by atoms with E-state index in [9.17, 15) is 0 Å². The molecule has 9 aromatic rings. The van der Waals surface area contributed by atoms with Gasteiger partial charge in [0.2, 0.25) is 0 Å². The zero-order valence-electron chi connectivity index (χ0n) is 36.3. The number of anilines is 3. The smallest absolute Gasteiger partial charge is 0.0541 e. The molecule has 1 aromatic heterocycles. The predicted octanol–water partition coefficient (Wildman–Crippen LogP) is 16.5. The van der Waals surface area contributed by atoms with Crippen molar-refractivity contribution in [2.45, 2.75) is 86.0 Å². The molecule has 292 valence electrons. The molecule has 0 atom stereocenters. The number of hydrogen-bond donors (Lipinski definition) is 0. The molecule has 0 fully saturated rings. The zero-order chi connectivity index (χ0) is 41.1. The first-order chi connectivity index (χ1) is 28.1. The van der Waals surface area contributed by atoms with E-state index < -0.39 is 0 Å². The number of para-hydroxylation sites is 1. The van der Waals surface area contributed by atoms with Gasteiger partial charge in [-0.2, -0.15) is 0 Å². The summed E-state index contributed by atoms with van der Waals surface area (Å²) in [6.45, 7) is 22.8. The highest BCUT2D eigenvalue weighted by Gasteiger charge is 2.26. The quantitative estimate of drug-likeness (QED) is 0.169. The Hall–Kier alpha value is -6.12. The number of rotatable bonds is 5. The molecule has 0 radical (unpaired) electrons. The maximum Gasteiger partial charge on any atom is 0.0541 e. The minimum atomic E-state index is 0.0665. The summed E-state index contributed by atoms with van der Waals surface area (Å²) in [5.74, 6) is 0.445. The fraction of sp³-hybridized carbons (Fsp3) is 0.228. The molecule has 0 aliphatic heterocycles. The number of benzene rings is 8. The van der Waals surface area contributed by atoms with Gasteiger partial charge in [0.05, 0.1) is 11.0 Å². The standard InChI is InChI=1S/C57H54N2/c1-34(2)37-16-15-36(4)55(31-37)58(52-14-12-11-13-35(52)3)44-21-17-38-27-46-47-28-39-18-22-45(26-41(39)30-49(47)48(46)29-40(38)25-44)59-53-23-19-42(56(5,6)7)32-50(53)51-33-43(57(8,9)10)20-24-54(51)59/h11-34H,1-10H3. The molecule has 0 amide bonds. The molecule has 1 heterocycles. The predicted molar refractivity (Wildman–Crippen MR) is 256 cm³/mol. The fourth-order valence-corrected chi connectivity index (χ4v) is 9.36. The van der Waals surface area contributed by atoms with Crippen LogP contribution in [0, 0.1) is 13.8 Å². The molecule has 0 N–H and O–H groups in total. The number of fused-ring (bicyclic) bond motifs is 9. The van der Waals surface area contributed by atoms with Gasteiger partial charge in [0.15, 0.2) is 0 Å². The lowest BCUT2D eigenvalue weighted by molar-refractivity contribution is 0.590. The normalized spacial score (nSPS) is 12.7. The second-order valence-electron chi connectivity index (χ2n) is 19.5. The van der Waals surface area contributed by atoms with Crippen LogP contribution in [0.25, 0.3) is 71.3 Å². The van der Waals surface area contributed by atoms with Crippen molar-refractivity contribution in [2.75, 3.05) is 4.90 Å². The zero-order valence-corrected chi connectivity index (χ0v) is 36.3. The van der Waals surface area contributed by atoms with Gasteiger partial charge < -0.3 is 9.47 Å². The summed E-state index contributed by atoms with van der Waals surface area (Å²) < 4.78 is 2.48. The molecule has 0 saturated heterocycles. The highest BCUT2D eigenvalue weighted by molar-refractivity contribution is 6.13. The molecule has 0 saturated carbocycles. The highest BCUT2D eigenvalue weighted by Crippen LogP contribution is 2.51. The molecular formula is C57H54N2. The van der Waals surface area contributed by atoms with Crippen LogP contribution in [-0.2, 0) is 10.8 Å². The lowest BCUT2D eigenvalue weighted by atomic mass is 9.78. The molecule has 1 aliphatic rings. The van der Waals surface area contributed by atoms with E-state index in [1.807, 2.05) is 0 Å². The van der Waals surface area contributed by atoms with E-state index in [0.717, 1.165) is 0 Å². The van der Waals surface area contributed by atoms with Gasteiger partial charge in [-0.05, 0) is 187 Å². The largest absolute Gasteiger partial charge is 0.310 e. The van der Waals surface area contributed by atoms with E-state index in [0.29, 0.717) is 5.92 Å². The van der Waals surface area contributed by atoms with Crippen LogP contribution in [0.4, 0.5) is 17.1 Å². The van der Waals surface area contributed by atoms with Crippen molar-refractivity contribution in [1.82, 2.24) is 4.57 Å². The van der Waals surface area contributed by atoms with E-state index in [-0.39, 0.29) is 10.8 Å². The fourth-order valence-electron chi connectivity index (χ4n) is 9.36. The van der Waals surface area contributed by atoms with Gasteiger partial charge in [-0.25, -0.2) is 0 Å². The summed E-state index contributed by atoms with van der Waals surface area (Å²) in [4.78, 5) is 2.46. The van der Waals surface area contributed by atoms with E-state index in [1.54, 1.807) is 0 Å². The third-order valence-corrected chi connectivity index (χ3v) is 13.0. The van der Waals surface area contributed by atoms with Crippen molar-refractivity contribution < 1.29 is 0 Å². The molecule has 59 heavy (non-hydrogen) atoms. The van der Waals surface area contributed by atoms with Crippen LogP contribution < -0.4 is 4.90 Å². The van der Waals surface area contributed by atoms with Crippen molar-refractivity contribution in [3.05, 3.63) is 167 Å². The van der Waals surface area contributed by atoms with Gasteiger partial charge in [-0.1, -0.05) is 110 Å². The van der Waals surface area contributed by atoms with Gasteiger partial charge in [0.25, 0.3) is 0 Å². The Morgan fingerprint density at radius 2 is 0.983 bits per heavy atom. The maximum absolute atomic E-state index is 2.48. The van der Waals surface area contributed by atoms with E-state index in [4.69, 9.17) is 0 Å². The molecule has 8 aromatic carbocycles. The highest BCUT2D eigenvalue weighted by atomic mass is 15.1. The van der Waals surface area contributed by atoms with Gasteiger partial charge in [0, 0.05) is 33.5 Å². The molecule has 10 rings (SSSR count). The molecule has 0 unspecified atom stereocenters. The van der Waals surface area contributed by atoms with Gasteiger partial charge in [0.1, 0.15) is 0 Å². The summed E-state index contributed by atoms with van der Waals surface area (Å²) in [6.07, 6.45) is 0. The SMILES string of the molecule is Cc1ccccc1N(c1ccc2cc3c(cc2c1)-c1cc2cc(-n4c5ccc(C(C)(C)C)cc5c5cc(C(C)(C)C)ccc54)ccc2cc1-3)c1cc(C(C)C)ccc1C. The van der Waals surface area contributed by atoms with Crippen LogP contribution in [0.1, 0.15) is 89.1 Å².